The van der Waals surface area contributed by atoms with E-state index < -0.39 is 0 Å². The molecule has 0 N–H and O–H groups in total. The summed E-state index contributed by atoms with van der Waals surface area (Å²) in [5, 5.41) is 0. The van der Waals surface area contributed by atoms with E-state index in [1.54, 1.807) is 0 Å². The lowest BCUT2D eigenvalue weighted by Gasteiger charge is -2.20. The topological polar surface area (TPSA) is 20.3 Å². The highest BCUT2D eigenvalue weighted by Gasteiger charge is 2.34. The zero-order chi connectivity index (χ0) is 13.4. The molecule has 96 valence electrons. The average molecular weight is 316 g/mol. The van der Waals surface area contributed by atoms with Crippen molar-refractivity contribution >= 4 is 21.8 Å². The Bertz CT molecular complexity index is 621. The number of amides is 1. The zero-order valence-corrected chi connectivity index (χ0v) is 12.2. The van der Waals surface area contributed by atoms with Crippen molar-refractivity contribution in [1.29, 1.82) is 0 Å². The minimum Gasteiger partial charge on any atom is -0.318 e. The third-order valence-electron chi connectivity index (χ3n) is 3.46. The molecule has 3 heteroatoms. The van der Waals surface area contributed by atoms with Gasteiger partial charge in [0.25, 0.3) is 5.91 Å². The third kappa shape index (κ3) is 2.19. The molecular formula is C16H14BrNO. The van der Waals surface area contributed by atoms with Crippen molar-refractivity contribution in [3.05, 3.63) is 70.8 Å². The number of carbonyl (C=O) groups is 1. The minimum absolute atomic E-state index is 0.0301. The molecule has 1 aliphatic rings. The molecule has 1 unspecified atom stereocenters. The van der Waals surface area contributed by atoms with E-state index in [4.69, 9.17) is 0 Å². The molecule has 1 heterocycles. The Morgan fingerprint density at radius 1 is 1.11 bits per heavy atom. The van der Waals surface area contributed by atoms with Gasteiger partial charge in [0.1, 0.15) is 4.95 Å². The first-order valence-corrected chi connectivity index (χ1v) is 7.18. The Morgan fingerprint density at radius 3 is 2.47 bits per heavy atom. The van der Waals surface area contributed by atoms with E-state index in [-0.39, 0.29) is 10.9 Å². The number of benzene rings is 2. The lowest BCUT2D eigenvalue weighted by Crippen LogP contribution is -2.24. The molecule has 1 aliphatic heterocycles. The van der Waals surface area contributed by atoms with Crippen LogP contribution < -0.4 is 0 Å². The van der Waals surface area contributed by atoms with Gasteiger partial charge in [-0.05, 0) is 24.1 Å². The van der Waals surface area contributed by atoms with Crippen molar-refractivity contribution < 1.29 is 4.79 Å². The monoisotopic (exact) mass is 315 g/mol. The first kappa shape index (κ1) is 12.4. The van der Waals surface area contributed by atoms with Gasteiger partial charge in [0.15, 0.2) is 0 Å². The van der Waals surface area contributed by atoms with E-state index in [2.05, 4.69) is 47.1 Å². The highest BCUT2D eigenvalue weighted by molar-refractivity contribution is 9.09. The van der Waals surface area contributed by atoms with Crippen LogP contribution in [0.2, 0.25) is 0 Å². The summed E-state index contributed by atoms with van der Waals surface area (Å²) in [5.74, 6) is 0.0954. The fourth-order valence-electron chi connectivity index (χ4n) is 2.37. The number of halogens is 1. The molecule has 2 nitrogen and oxygen atoms in total. The fourth-order valence-corrected chi connectivity index (χ4v) is 3.10. The van der Waals surface area contributed by atoms with Crippen LogP contribution in [0.3, 0.4) is 0 Å². The fraction of sp³-hybridized carbons (Fsp3) is 0.188. The normalized spacial score (nSPS) is 17.7. The molecule has 19 heavy (non-hydrogen) atoms. The molecule has 0 saturated carbocycles. The van der Waals surface area contributed by atoms with Gasteiger partial charge in [0, 0.05) is 12.1 Å². The Hall–Kier alpha value is -1.61. The van der Waals surface area contributed by atoms with Crippen LogP contribution in [0.1, 0.15) is 32.0 Å². The van der Waals surface area contributed by atoms with E-state index in [0.717, 1.165) is 16.7 Å². The van der Waals surface area contributed by atoms with Crippen molar-refractivity contribution in [2.45, 2.75) is 18.4 Å². The first-order chi connectivity index (χ1) is 9.16. The molecule has 2 aromatic rings. The quantitative estimate of drug-likeness (QED) is 0.605. The predicted octanol–water partition coefficient (Wildman–Crippen LogP) is 4.04. The maximum absolute atomic E-state index is 12.4. The summed E-state index contributed by atoms with van der Waals surface area (Å²) >= 11 is 3.62. The second-order valence-corrected chi connectivity index (χ2v) is 5.71. The molecule has 0 saturated heterocycles. The standard InChI is InChI=1S/C16H14BrNO/c1-11-6-8-12(9-7-11)10-18-15(17)13-4-2-3-5-14(13)16(18)19/h2-9,15H,10H2,1H3. The summed E-state index contributed by atoms with van der Waals surface area (Å²) in [6.45, 7) is 2.69. The van der Waals surface area contributed by atoms with Crippen LogP contribution >= 0.6 is 15.9 Å². The highest BCUT2D eigenvalue weighted by Crippen LogP contribution is 2.38. The molecule has 1 amide bonds. The number of nitrogens with zero attached hydrogens (tertiary/aromatic N) is 1. The lowest BCUT2D eigenvalue weighted by molar-refractivity contribution is 0.0765. The lowest BCUT2D eigenvalue weighted by atomic mass is 10.1. The van der Waals surface area contributed by atoms with Crippen LogP contribution in [0.15, 0.2) is 48.5 Å². The maximum atomic E-state index is 12.4. The Balaban J connectivity index is 1.88. The van der Waals surface area contributed by atoms with Crippen LogP contribution in [0.4, 0.5) is 0 Å². The van der Waals surface area contributed by atoms with Gasteiger partial charge in [0.05, 0.1) is 0 Å². The Morgan fingerprint density at radius 2 is 1.79 bits per heavy atom. The molecule has 0 aromatic heterocycles. The molecule has 0 aliphatic carbocycles. The minimum atomic E-state index is -0.0301. The van der Waals surface area contributed by atoms with Gasteiger partial charge in [-0.2, -0.15) is 0 Å². The number of hydrogen-bond donors (Lipinski definition) is 0. The van der Waals surface area contributed by atoms with Gasteiger partial charge in [0.2, 0.25) is 0 Å². The van der Waals surface area contributed by atoms with Crippen LogP contribution in [0, 0.1) is 6.92 Å². The molecule has 0 fully saturated rings. The molecule has 2 aromatic carbocycles. The number of carbonyl (C=O) groups excluding carboxylic acids is 1. The van der Waals surface area contributed by atoms with Crippen molar-refractivity contribution in [3.8, 4) is 0 Å². The number of rotatable bonds is 2. The number of hydrogen-bond acceptors (Lipinski definition) is 1. The van der Waals surface area contributed by atoms with E-state index in [9.17, 15) is 4.79 Å². The van der Waals surface area contributed by atoms with E-state index in [1.165, 1.54) is 5.56 Å². The van der Waals surface area contributed by atoms with Crippen LogP contribution in [0.25, 0.3) is 0 Å². The molecule has 0 bridgehead atoms. The molecule has 0 spiro atoms. The van der Waals surface area contributed by atoms with Gasteiger partial charge in [-0.25, -0.2) is 0 Å². The van der Waals surface area contributed by atoms with E-state index in [0.29, 0.717) is 6.54 Å². The summed E-state index contributed by atoms with van der Waals surface area (Å²) in [6.07, 6.45) is 0. The largest absolute Gasteiger partial charge is 0.318 e. The zero-order valence-electron chi connectivity index (χ0n) is 10.6. The van der Waals surface area contributed by atoms with Crippen molar-refractivity contribution in [1.82, 2.24) is 4.90 Å². The average Bonchev–Trinajstić information content (AvgIpc) is 2.67. The van der Waals surface area contributed by atoms with Gasteiger partial charge < -0.3 is 4.90 Å². The number of fused-ring (bicyclic) bond motifs is 1. The smallest absolute Gasteiger partial charge is 0.255 e. The summed E-state index contributed by atoms with van der Waals surface area (Å²) in [5.41, 5.74) is 4.24. The van der Waals surface area contributed by atoms with Gasteiger partial charge in [-0.3, -0.25) is 4.79 Å². The van der Waals surface area contributed by atoms with Gasteiger partial charge in [-0.15, -0.1) is 0 Å². The summed E-state index contributed by atoms with van der Waals surface area (Å²) < 4.78 is 0. The first-order valence-electron chi connectivity index (χ1n) is 6.26. The summed E-state index contributed by atoms with van der Waals surface area (Å²) in [7, 11) is 0. The van der Waals surface area contributed by atoms with Gasteiger partial charge >= 0.3 is 0 Å². The number of aryl methyl sites for hydroxylation is 1. The number of alkyl halides is 1. The van der Waals surface area contributed by atoms with Crippen molar-refractivity contribution in [2.24, 2.45) is 0 Å². The maximum Gasteiger partial charge on any atom is 0.255 e. The third-order valence-corrected chi connectivity index (χ3v) is 4.44. The second-order valence-electron chi connectivity index (χ2n) is 4.84. The Labute approximate surface area is 121 Å². The molecule has 1 atom stereocenters. The highest BCUT2D eigenvalue weighted by atomic mass is 79.9. The molecular weight excluding hydrogens is 302 g/mol. The molecule has 3 rings (SSSR count). The van der Waals surface area contributed by atoms with Crippen molar-refractivity contribution in [2.75, 3.05) is 0 Å². The van der Waals surface area contributed by atoms with Crippen molar-refractivity contribution in [3.63, 3.8) is 0 Å². The van der Waals surface area contributed by atoms with Crippen LogP contribution in [-0.2, 0) is 6.54 Å². The predicted molar refractivity (Wildman–Crippen MR) is 79.2 cm³/mol. The van der Waals surface area contributed by atoms with Crippen LogP contribution in [0.5, 0.6) is 0 Å². The summed E-state index contributed by atoms with van der Waals surface area (Å²) in [4.78, 5) is 14.2. The van der Waals surface area contributed by atoms with Gasteiger partial charge in [-0.1, -0.05) is 64.0 Å². The van der Waals surface area contributed by atoms with Crippen LogP contribution in [-0.4, -0.2) is 10.8 Å². The summed E-state index contributed by atoms with van der Waals surface area (Å²) in [6, 6.07) is 16.1. The Kier molecular flexibility index (Phi) is 3.15. The molecule has 0 radical (unpaired) electrons. The van der Waals surface area contributed by atoms with E-state index >= 15 is 0 Å². The second kappa shape index (κ2) is 4.82. The SMILES string of the molecule is Cc1ccc(CN2C(=O)c3ccccc3C2Br)cc1. The van der Waals surface area contributed by atoms with E-state index in [1.807, 2.05) is 29.2 Å².